The second-order valence-electron chi connectivity index (χ2n) is 6.73. The van der Waals surface area contributed by atoms with E-state index in [-0.39, 0.29) is 5.56 Å². The Morgan fingerprint density at radius 1 is 1.04 bits per heavy atom. The summed E-state index contributed by atoms with van der Waals surface area (Å²) in [5.74, 6) is 2.20. The molecule has 0 fully saturated rings. The largest absolute Gasteiger partial charge is 0.345 e. The molecule has 1 aromatic carbocycles. The fraction of sp³-hybridized carbons (Fsp3) is 0.200. The van der Waals surface area contributed by atoms with Crippen LogP contribution in [0.15, 0.2) is 41.2 Å². The van der Waals surface area contributed by atoms with Crippen LogP contribution < -0.4 is 10.5 Å². The molecule has 0 radical (unpaired) electrons. The quantitative estimate of drug-likeness (QED) is 0.580. The topological polar surface area (TPSA) is 74.8 Å². The van der Waals surface area contributed by atoms with Crippen molar-refractivity contribution in [2.24, 2.45) is 0 Å². The predicted octanol–water partition coefficient (Wildman–Crippen LogP) is 3.58. The Kier molecular flexibility index (Phi) is 3.58. The molecule has 4 aromatic rings. The molecule has 7 heteroatoms. The van der Waals surface area contributed by atoms with Gasteiger partial charge in [-0.05, 0) is 38.1 Å². The standard InChI is InChI=1S/C20H17N5OS/c1-11-7-8-17(27-11)18-23-15-6-4-3-5-13(15)19(24-18)25-9-14-16(10-25)21-12(2)22-20(14)26/h3-8H,9-10H2,1-2H3,(H,21,22,26). The zero-order valence-corrected chi connectivity index (χ0v) is 15.8. The third kappa shape index (κ3) is 2.71. The molecule has 6 nitrogen and oxygen atoms in total. The summed E-state index contributed by atoms with van der Waals surface area (Å²) in [4.78, 5) is 33.6. The Hall–Kier alpha value is -3.06. The minimum Gasteiger partial charge on any atom is -0.345 e. The Labute approximate surface area is 159 Å². The number of aromatic amines is 1. The van der Waals surface area contributed by atoms with E-state index in [1.807, 2.05) is 31.2 Å². The Morgan fingerprint density at radius 2 is 1.89 bits per heavy atom. The van der Waals surface area contributed by atoms with Crippen LogP contribution in [0, 0.1) is 13.8 Å². The molecule has 134 valence electrons. The number of H-pyrrole nitrogens is 1. The van der Waals surface area contributed by atoms with E-state index in [1.54, 1.807) is 11.3 Å². The maximum absolute atomic E-state index is 12.3. The lowest BCUT2D eigenvalue weighted by atomic mass is 10.2. The lowest BCUT2D eigenvalue weighted by Gasteiger charge is -2.18. The first-order valence-corrected chi connectivity index (χ1v) is 9.57. The van der Waals surface area contributed by atoms with Gasteiger partial charge in [-0.25, -0.2) is 15.0 Å². The highest BCUT2D eigenvalue weighted by Gasteiger charge is 2.26. The van der Waals surface area contributed by atoms with Crippen molar-refractivity contribution in [3.63, 3.8) is 0 Å². The molecule has 0 atom stereocenters. The first-order chi connectivity index (χ1) is 13.1. The number of aryl methyl sites for hydroxylation is 2. The minimum absolute atomic E-state index is 0.0625. The van der Waals surface area contributed by atoms with Crippen LogP contribution in [-0.2, 0) is 13.1 Å². The van der Waals surface area contributed by atoms with E-state index in [9.17, 15) is 4.79 Å². The lowest BCUT2D eigenvalue weighted by molar-refractivity contribution is 0.850. The van der Waals surface area contributed by atoms with Gasteiger partial charge in [-0.3, -0.25) is 4.79 Å². The van der Waals surface area contributed by atoms with Gasteiger partial charge < -0.3 is 9.88 Å². The average molecular weight is 375 g/mol. The first-order valence-electron chi connectivity index (χ1n) is 8.76. The van der Waals surface area contributed by atoms with Crippen molar-refractivity contribution in [3.8, 4) is 10.7 Å². The maximum Gasteiger partial charge on any atom is 0.256 e. The number of thiophene rings is 1. The lowest BCUT2D eigenvalue weighted by Crippen LogP contribution is -2.19. The number of aromatic nitrogens is 4. The molecule has 0 amide bonds. The first kappa shape index (κ1) is 16.1. The summed E-state index contributed by atoms with van der Waals surface area (Å²) < 4.78 is 0. The number of nitrogens with zero attached hydrogens (tertiary/aromatic N) is 4. The van der Waals surface area contributed by atoms with E-state index in [4.69, 9.17) is 9.97 Å². The summed E-state index contributed by atoms with van der Waals surface area (Å²) in [7, 11) is 0. The number of anilines is 1. The van der Waals surface area contributed by atoms with Gasteiger partial charge in [0.2, 0.25) is 0 Å². The molecule has 0 aliphatic carbocycles. The van der Waals surface area contributed by atoms with Crippen LogP contribution in [-0.4, -0.2) is 19.9 Å². The third-order valence-electron chi connectivity index (χ3n) is 4.75. The second kappa shape index (κ2) is 5.99. The zero-order chi connectivity index (χ0) is 18.5. The van der Waals surface area contributed by atoms with Gasteiger partial charge in [0, 0.05) is 10.3 Å². The molecule has 3 aromatic heterocycles. The number of hydrogen-bond donors (Lipinski definition) is 1. The van der Waals surface area contributed by atoms with Crippen LogP contribution in [0.3, 0.4) is 0 Å². The van der Waals surface area contributed by atoms with Gasteiger partial charge in [0.25, 0.3) is 5.56 Å². The summed E-state index contributed by atoms with van der Waals surface area (Å²) in [6.07, 6.45) is 0. The summed E-state index contributed by atoms with van der Waals surface area (Å²) in [6.45, 7) is 4.96. The molecule has 4 heterocycles. The van der Waals surface area contributed by atoms with Crippen LogP contribution in [0.4, 0.5) is 5.82 Å². The molecule has 0 spiro atoms. The Morgan fingerprint density at radius 3 is 2.70 bits per heavy atom. The van der Waals surface area contributed by atoms with Gasteiger partial charge >= 0.3 is 0 Å². The van der Waals surface area contributed by atoms with Gasteiger partial charge in [0.05, 0.1) is 34.7 Å². The van der Waals surface area contributed by atoms with Crippen molar-refractivity contribution >= 4 is 28.1 Å². The van der Waals surface area contributed by atoms with E-state index in [0.29, 0.717) is 18.9 Å². The number of para-hydroxylation sites is 1. The molecule has 1 N–H and O–H groups in total. The number of rotatable bonds is 2. The highest BCUT2D eigenvalue weighted by atomic mass is 32.1. The van der Waals surface area contributed by atoms with E-state index in [0.717, 1.165) is 38.7 Å². The maximum atomic E-state index is 12.3. The Balaban J connectivity index is 1.67. The van der Waals surface area contributed by atoms with Crippen LogP contribution in [0.25, 0.3) is 21.6 Å². The number of hydrogen-bond acceptors (Lipinski definition) is 6. The number of nitrogens with one attached hydrogen (secondary N) is 1. The average Bonchev–Trinajstić information content (AvgIpc) is 3.27. The van der Waals surface area contributed by atoms with Crippen molar-refractivity contribution in [1.29, 1.82) is 0 Å². The van der Waals surface area contributed by atoms with E-state index < -0.39 is 0 Å². The van der Waals surface area contributed by atoms with E-state index in [2.05, 4.69) is 33.9 Å². The molecule has 1 aliphatic heterocycles. The highest BCUT2D eigenvalue weighted by molar-refractivity contribution is 7.15. The molecule has 1 aliphatic rings. The third-order valence-corrected chi connectivity index (χ3v) is 5.75. The van der Waals surface area contributed by atoms with Crippen LogP contribution in [0.1, 0.15) is 22.0 Å². The van der Waals surface area contributed by atoms with Gasteiger partial charge in [-0.1, -0.05) is 12.1 Å². The van der Waals surface area contributed by atoms with E-state index >= 15 is 0 Å². The monoisotopic (exact) mass is 375 g/mol. The number of benzene rings is 1. The summed E-state index contributed by atoms with van der Waals surface area (Å²) in [5.41, 5.74) is 2.38. The van der Waals surface area contributed by atoms with Gasteiger partial charge in [-0.15, -0.1) is 11.3 Å². The van der Waals surface area contributed by atoms with Gasteiger partial charge in [0.15, 0.2) is 5.82 Å². The SMILES string of the molecule is Cc1nc2c(c(=O)[nH]1)CN(c1nc(-c3ccc(C)s3)nc3ccccc13)C2. The Bertz CT molecular complexity index is 1240. The molecular formula is C20H17N5OS. The smallest absolute Gasteiger partial charge is 0.256 e. The number of fused-ring (bicyclic) bond motifs is 2. The molecule has 0 bridgehead atoms. The van der Waals surface area contributed by atoms with Crippen molar-refractivity contribution in [2.75, 3.05) is 4.90 Å². The highest BCUT2D eigenvalue weighted by Crippen LogP contribution is 2.33. The van der Waals surface area contributed by atoms with Crippen LogP contribution in [0.2, 0.25) is 0 Å². The molecule has 0 saturated heterocycles. The van der Waals surface area contributed by atoms with Crippen molar-refractivity contribution < 1.29 is 0 Å². The van der Waals surface area contributed by atoms with Crippen LogP contribution >= 0.6 is 11.3 Å². The zero-order valence-electron chi connectivity index (χ0n) is 15.0. The second-order valence-corrected chi connectivity index (χ2v) is 8.02. The molecule has 5 rings (SSSR count). The predicted molar refractivity (Wildman–Crippen MR) is 107 cm³/mol. The molecular weight excluding hydrogens is 358 g/mol. The van der Waals surface area contributed by atoms with Crippen molar-refractivity contribution in [2.45, 2.75) is 26.9 Å². The van der Waals surface area contributed by atoms with Crippen molar-refractivity contribution in [3.05, 3.63) is 68.7 Å². The summed E-state index contributed by atoms with van der Waals surface area (Å²) in [6, 6.07) is 12.1. The van der Waals surface area contributed by atoms with Crippen LogP contribution in [0.5, 0.6) is 0 Å². The summed E-state index contributed by atoms with van der Waals surface area (Å²) in [5, 5.41) is 0.982. The molecule has 0 unspecified atom stereocenters. The van der Waals surface area contributed by atoms with Gasteiger partial charge in [-0.2, -0.15) is 0 Å². The van der Waals surface area contributed by atoms with E-state index in [1.165, 1.54) is 4.88 Å². The normalized spacial score (nSPS) is 13.3. The molecule has 27 heavy (non-hydrogen) atoms. The fourth-order valence-electron chi connectivity index (χ4n) is 3.51. The summed E-state index contributed by atoms with van der Waals surface area (Å²) >= 11 is 1.68. The van der Waals surface area contributed by atoms with Gasteiger partial charge in [0.1, 0.15) is 11.6 Å². The fourth-order valence-corrected chi connectivity index (χ4v) is 4.31. The molecule has 0 saturated carbocycles. The van der Waals surface area contributed by atoms with Crippen molar-refractivity contribution in [1.82, 2.24) is 19.9 Å². The minimum atomic E-state index is -0.0625.